The quantitative estimate of drug-likeness (QED) is 0.432. The smallest absolute Gasteiger partial charge is 0.323 e. The van der Waals surface area contributed by atoms with E-state index in [4.69, 9.17) is 10.6 Å². The fraction of sp³-hybridized carbons (Fsp3) is 0.500. The van der Waals surface area contributed by atoms with Crippen molar-refractivity contribution in [2.24, 2.45) is 5.84 Å². The number of hydrogen-bond acceptors (Lipinski definition) is 7. The second-order valence-electron chi connectivity index (χ2n) is 2.09. The van der Waals surface area contributed by atoms with Gasteiger partial charge in [-0.05, 0) is 6.92 Å². The van der Waals surface area contributed by atoms with Crippen LogP contribution in [0.3, 0.4) is 0 Å². The first-order chi connectivity index (χ1) is 6.30. The molecule has 0 spiro atoms. The van der Waals surface area contributed by atoms with Crippen molar-refractivity contribution in [2.75, 3.05) is 24.4 Å². The molecule has 0 saturated carbocycles. The molecule has 0 amide bonds. The molecule has 72 valence electrons. The van der Waals surface area contributed by atoms with Crippen molar-refractivity contribution in [3.63, 3.8) is 0 Å². The van der Waals surface area contributed by atoms with Crippen LogP contribution in [0.15, 0.2) is 0 Å². The van der Waals surface area contributed by atoms with Crippen LogP contribution in [0.4, 0.5) is 11.9 Å². The molecule has 1 rings (SSSR count). The van der Waals surface area contributed by atoms with E-state index in [1.807, 2.05) is 6.92 Å². The molecule has 1 heterocycles. The highest BCUT2D eigenvalue weighted by molar-refractivity contribution is 5.34. The summed E-state index contributed by atoms with van der Waals surface area (Å²) in [5.74, 6) is 5.83. The molecule has 1 aromatic heterocycles. The minimum atomic E-state index is 0.245. The van der Waals surface area contributed by atoms with Crippen molar-refractivity contribution < 1.29 is 4.74 Å². The summed E-state index contributed by atoms with van der Waals surface area (Å²) >= 11 is 0. The van der Waals surface area contributed by atoms with Gasteiger partial charge in [-0.3, -0.25) is 5.43 Å². The van der Waals surface area contributed by atoms with Gasteiger partial charge >= 0.3 is 6.01 Å². The zero-order valence-corrected chi connectivity index (χ0v) is 7.53. The Balaban J connectivity index is 2.93. The maximum Gasteiger partial charge on any atom is 0.323 e. The lowest BCUT2D eigenvalue weighted by molar-refractivity contribution is 0.312. The molecule has 0 aliphatic heterocycles. The maximum atomic E-state index is 5.15. The number of rotatable bonds is 4. The molecule has 7 nitrogen and oxygen atoms in total. The van der Waals surface area contributed by atoms with Crippen LogP contribution >= 0.6 is 0 Å². The molecule has 0 fully saturated rings. The van der Waals surface area contributed by atoms with Gasteiger partial charge in [0.25, 0.3) is 0 Å². The van der Waals surface area contributed by atoms with E-state index in [2.05, 4.69) is 25.7 Å². The summed E-state index contributed by atoms with van der Waals surface area (Å²) < 4.78 is 5.09. The summed E-state index contributed by atoms with van der Waals surface area (Å²) in [6.07, 6.45) is 0. The Labute approximate surface area is 75.7 Å². The summed E-state index contributed by atoms with van der Waals surface area (Å²) in [5.41, 5.74) is 2.32. The monoisotopic (exact) mass is 184 g/mol. The lowest BCUT2D eigenvalue weighted by Gasteiger charge is -2.05. The first kappa shape index (κ1) is 9.46. The number of nitrogen functional groups attached to an aromatic ring is 1. The molecule has 0 saturated heterocycles. The second kappa shape index (κ2) is 4.41. The van der Waals surface area contributed by atoms with Crippen LogP contribution in [0.25, 0.3) is 0 Å². The topological polar surface area (TPSA) is 98.0 Å². The number of hydrogen-bond donors (Lipinski definition) is 3. The fourth-order valence-corrected chi connectivity index (χ4v) is 0.727. The average molecular weight is 184 g/mol. The molecule has 0 aliphatic carbocycles. The van der Waals surface area contributed by atoms with Crippen molar-refractivity contribution in [3.05, 3.63) is 0 Å². The van der Waals surface area contributed by atoms with E-state index in [-0.39, 0.29) is 12.0 Å². The lowest BCUT2D eigenvalue weighted by Crippen LogP contribution is -2.13. The van der Waals surface area contributed by atoms with E-state index in [0.717, 1.165) is 0 Å². The predicted octanol–water partition coefficient (Wildman–Crippen LogP) is -0.402. The number of nitrogens with zero attached hydrogens (tertiary/aromatic N) is 3. The molecular formula is C6H12N6O. The lowest BCUT2D eigenvalue weighted by atomic mass is 10.8. The highest BCUT2D eigenvalue weighted by atomic mass is 16.5. The molecule has 0 atom stereocenters. The van der Waals surface area contributed by atoms with Gasteiger partial charge in [0.1, 0.15) is 0 Å². The standard InChI is InChI=1S/C6H12N6O/c1-3-13-6-10-4(8-2)9-5(11-6)12-7/h3,7H2,1-2H3,(H2,8,9,10,11,12). The summed E-state index contributed by atoms with van der Waals surface area (Å²) in [6.45, 7) is 2.34. The van der Waals surface area contributed by atoms with Crippen LogP contribution in [0.5, 0.6) is 6.01 Å². The molecule has 0 radical (unpaired) electrons. The second-order valence-corrected chi connectivity index (χ2v) is 2.09. The van der Waals surface area contributed by atoms with Crippen LogP contribution in [-0.2, 0) is 0 Å². The Morgan fingerprint density at radius 2 is 2.00 bits per heavy atom. The van der Waals surface area contributed by atoms with Gasteiger partial charge in [0.2, 0.25) is 11.9 Å². The Kier molecular flexibility index (Phi) is 3.21. The number of ether oxygens (including phenoxy) is 1. The van der Waals surface area contributed by atoms with E-state index >= 15 is 0 Å². The minimum Gasteiger partial charge on any atom is -0.464 e. The van der Waals surface area contributed by atoms with Gasteiger partial charge in [-0.15, -0.1) is 0 Å². The van der Waals surface area contributed by atoms with Crippen LogP contribution < -0.4 is 21.3 Å². The van der Waals surface area contributed by atoms with E-state index in [1.165, 1.54) is 0 Å². The van der Waals surface area contributed by atoms with Gasteiger partial charge in [0.15, 0.2) is 0 Å². The van der Waals surface area contributed by atoms with E-state index in [9.17, 15) is 0 Å². The summed E-state index contributed by atoms with van der Waals surface area (Å²) in [6, 6.07) is 0.245. The molecule has 0 bridgehead atoms. The van der Waals surface area contributed by atoms with Crippen LogP contribution in [0.1, 0.15) is 6.92 Å². The number of anilines is 2. The largest absolute Gasteiger partial charge is 0.464 e. The van der Waals surface area contributed by atoms with Crippen molar-refractivity contribution in [2.45, 2.75) is 6.92 Å². The average Bonchev–Trinajstić information content (AvgIpc) is 2.17. The van der Waals surface area contributed by atoms with Crippen molar-refractivity contribution in [1.82, 2.24) is 15.0 Å². The Bertz CT molecular complexity index is 256. The third kappa shape index (κ3) is 2.41. The SMILES string of the molecule is CCOc1nc(NC)nc(NN)n1. The molecule has 13 heavy (non-hydrogen) atoms. The first-order valence-corrected chi connectivity index (χ1v) is 3.83. The van der Waals surface area contributed by atoms with Gasteiger partial charge < -0.3 is 10.1 Å². The Morgan fingerprint density at radius 1 is 1.31 bits per heavy atom. The molecular weight excluding hydrogens is 172 g/mol. The molecule has 0 aliphatic rings. The van der Waals surface area contributed by atoms with Gasteiger partial charge in [0, 0.05) is 7.05 Å². The first-order valence-electron chi connectivity index (χ1n) is 3.83. The highest BCUT2D eigenvalue weighted by Crippen LogP contribution is 2.09. The van der Waals surface area contributed by atoms with E-state index in [1.54, 1.807) is 7.05 Å². The van der Waals surface area contributed by atoms with Gasteiger partial charge in [0.05, 0.1) is 6.61 Å². The highest BCUT2D eigenvalue weighted by Gasteiger charge is 2.03. The van der Waals surface area contributed by atoms with Crippen molar-refractivity contribution in [1.29, 1.82) is 0 Å². The summed E-state index contributed by atoms with van der Waals surface area (Å²) in [7, 11) is 1.70. The fourth-order valence-electron chi connectivity index (χ4n) is 0.727. The third-order valence-electron chi connectivity index (χ3n) is 1.24. The van der Waals surface area contributed by atoms with Gasteiger partial charge in [-0.25, -0.2) is 5.84 Å². The number of aromatic nitrogens is 3. The Morgan fingerprint density at radius 3 is 2.54 bits per heavy atom. The van der Waals surface area contributed by atoms with Crippen LogP contribution in [0, 0.1) is 0 Å². The minimum absolute atomic E-state index is 0.245. The zero-order chi connectivity index (χ0) is 9.68. The molecule has 4 N–H and O–H groups in total. The molecule has 0 unspecified atom stereocenters. The maximum absolute atomic E-state index is 5.15. The third-order valence-corrected chi connectivity index (χ3v) is 1.24. The van der Waals surface area contributed by atoms with Gasteiger partial charge in [-0.2, -0.15) is 15.0 Å². The van der Waals surface area contributed by atoms with Crippen molar-refractivity contribution in [3.8, 4) is 6.01 Å². The number of nitrogens with one attached hydrogen (secondary N) is 2. The molecule has 1 aromatic rings. The van der Waals surface area contributed by atoms with Crippen LogP contribution in [0.2, 0.25) is 0 Å². The summed E-state index contributed by atoms with van der Waals surface area (Å²) in [5, 5.41) is 2.76. The van der Waals surface area contributed by atoms with Gasteiger partial charge in [-0.1, -0.05) is 0 Å². The van der Waals surface area contributed by atoms with E-state index < -0.39 is 0 Å². The van der Waals surface area contributed by atoms with Crippen molar-refractivity contribution >= 4 is 11.9 Å². The van der Waals surface area contributed by atoms with Crippen LogP contribution in [-0.4, -0.2) is 28.6 Å². The normalized spacial score (nSPS) is 9.46. The molecule has 0 aromatic carbocycles. The predicted molar refractivity (Wildman–Crippen MR) is 48.4 cm³/mol. The Hall–Kier alpha value is -1.63. The van der Waals surface area contributed by atoms with E-state index in [0.29, 0.717) is 12.6 Å². The summed E-state index contributed by atoms with van der Waals surface area (Å²) in [4.78, 5) is 11.7. The zero-order valence-electron chi connectivity index (χ0n) is 7.53. The number of hydrazine groups is 1. The molecule has 7 heteroatoms. The number of nitrogens with two attached hydrogens (primary N) is 1.